The fraction of sp³-hybridized carbons (Fsp3) is 0.316. The van der Waals surface area contributed by atoms with Gasteiger partial charge >= 0.3 is 0 Å². The van der Waals surface area contributed by atoms with Gasteiger partial charge in [-0.25, -0.2) is 8.42 Å². The Morgan fingerprint density at radius 1 is 0.963 bits per heavy atom. The van der Waals surface area contributed by atoms with Crippen LogP contribution in [0.2, 0.25) is 10.0 Å². The molecule has 0 aromatic heterocycles. The summed E-state index contributed by atoms with van der Waals surface area (Å²) >= 11 is 12.0. The van der Waals surface area contributed by atoms with Crippen LogP contribution in [0.5, 0.6) is 0 Å². The molecule has 1 fully saturated rings. The maximum absolute atomic E-state index is 12.9. The number of amides is 1. The van der Waals surface area contributed by atoms with Gasteiger partial charge in [-0.2, -0.15) is 4.31 Å². The van der Waals surface area contributed by atoms with Crippen LogP contribution >= 0.6 is 23.2 Å². The van der Waals surface area contributed by atoms with Crippen LogP contribution in [-0.2, 0) is 10.0 Å². The Balaban J connectivity index is 1.75. The summed E-state index contributed by atoms with van der Waals surface area (Å²) in [6.45, 7) is 4.95. The van der Waals surface area contributed by atoms with Crippen molar-refractivity contribution < 1.29 is 13.2 Å². The minimum Gasteiger partial charge on any atom is -0.336 e. The van der Waals surface area contributed by atoms with Crippen molar-refractivity contribution in [1.29, 1.82) is 0 Å². The van der Waals surface area contributed by atoms with Gasteiger partial charge in [0.2, 0.25) is 10.0 Å². The van der Waals surface area contributed by atoms with Crippen LogP contribution in [0.25, 0.3) is 0 Å². The Kier molecular flexibility index (Phi) is 5.82. The Morgan fingerprint density at radius 2 is 1.63 bits per heavy atom. The van der Waals surface area contributed by atoms with E-state index in [1.165, 1.54) is 16.4 Å². The minimum absolute atomic E-state index is 0.00850. The second-order valence-electron chi connectivity index (χ2n) is 6.59. The lowest BCUT2D eigenvalue weighted by Crippen LogP contribution is -2.50. The van der Waals surface area contributed by atoms with Gasteiger partial charge in [0.15, 0.2) is 0 Å². The van der Waals surface area contributed by atoms with Crippen LogP contribution in [0.15, 0.2) is 41.3 Å². The molecule has 1 aliphatic heterocycles. The SMILES string of the molecule is Cc1ccc(C(=O)N2CCN(S(=O)(=O)c3cc(Cl)ccc3Cl)CC2)c(C)c1. The van der Waals surface area contributed by atoms with Crippen molar-refractivity contribution >= 4 is 39.1 Å². The molecule has 0 aliphatic carbocycles. The standard InChI is InChI=1S/C19H20Cl2N2O3S/c1-13-3-5-16(14(2)11-13)19(24)22-7-9-23(10-8-22)27(25,26)18-12-15(20)4-6-17(18)21/h3-6,11-12H,7-10H2,1-2H3. The smallest absolute Gasteiger partial charge is 0.254 e. The number of rotatable bonds is 3. The number of hydrogen-bond acceptors (Lipinski definition) is 3. The van der Waals surface area contributed by atoms with Gasteiger partial charge in [0.25, 0.3) is 5.91 Å². The zero-order valence-corrected chi connectivity index (χ0v) is 17.4. The number of sulfonamides is 1. The van der Waals surface area contributed by atoms with Crippen LogP contribution in [-0.4, -0.2) is 49.7 Å². The maximum atomic E-state index is 12.9. The van der Waals surface area contributed by atoms with E-state index in [1.807, 2.05) is 32.0 Å². The first-order chi connectivity index (χ1) is 12.7. The largest absolute Gasteiger partial charge is 0.336 e. The molecular weight excluding hydrogens is 407 g/mol. The van der Waals surface area contributed by atoms with Crippen LogP contribution in [0, 0.1) is 13.8 Å². The summed E-state index contributed by atoms with van der Waals surface area (Å²) in [4.78, 5) is 14.5. The van der Waals surface area contributed by atoms with E-state index in [2.05, 4.69) is 0 Å². The summed E-state index contributed by atoms with van der Waals surface area (Å²) in [5.74, 6) is -0.0784. The number of halogens is 2. The minimum atomic E-state index is -3.76. The van der Waals surface area contributed by atoms with Crippen molar-refractivity contribution in [3.63, 3.8) is 0 Å². The molecule has 0 radical (unpaired) electrons. The molecule has 27 heavy (non-hydrogen) atoms. The average molecular weight is 427 g/mol. The fourth-order valence-corrected chi connectivity index (χ4v) is 5.33. The molecule has 2 aromatic carbocycles. The van der Waals surface area contributed by atoms with Gasteiger partial charge in [-0.15, -0.1) is 0 Å². The topological polar surface area (TPSA) is 57.7 Å². The molecule has 0 saturated carbocycles. The lowest BCUT2D eigenvalue weighted by molar-refractivity contribution is 0.0697. The van der Waals surface area contributed by atoms with E-state index in [4.69, 9.17) is 23.2 Å². The third-order valence-corrected chi connectivity index (χ3v) is 7.26. The highest BCUT2D eigenvalue weighted by molar-refractivity contribution is 7.89. The molecule has 0 N–H and O–H groups in total. The van der Waals surface area contributed by atoms with E-state index < -0.39 is 10.0 Å². The molecule has 1 aliphatic rings. The van der Waals surface area contributed by atoms with Crippen LogP contribution in [0.4, 0.5) is 0 Å². The maximum Gasteiger partial charge on any atom is 0.254 e. The van der Waals surface area contributed by atoms with Crippen molar-refractivity contribution in [2.75, 3.05) is 26.2 Å². The van der Waals surface area contributed by atoms with E-state index in [1.54, 1.807) is 11.0 Å². The highest BCUT2D eigenvalue weighted by Crippen LogP contribution is 2.28. The first kappa shape index (κ1) is 20.1. The molecular formula is C19H20Cl2N2O3S. The third-order valence-electron chi connectivity index (χ3n) is 4.65. The summed E-state index contributed by atoms with van der Waals surface area (Å²) in [6, 6.07) is 10.1. The van der Waals surface area contributed by atoms with Gasteiger partial charge in [-0.3, -0.25) is 4.79 Å². The highest BCUT2D eigenvalue weighted by Gasteiger charge is 2.32. The Bertz CT molecular complexity index is 984. The molecule has 8 heteroatoms. The van der Waals surface area contributed by atoms with Crippen molar-refractivity contribution in [2.45, 2.75) is 18.7 Å². The molecule has 1 amide bonds. The Hall–Kier alpha value is -1.60. The number of carbonyl (C=O) groups is 1. The molecule has 1 heterocycles. The van der Waals surface area contributed by atoms with Crippen LogP contribution in [0.3, 0.4) is 0 Å². The third kappa shape index (κ3) is 4.14. The van der Waals surface area contributed by atoms with Gasteiger partial charge in [0.1, 0.15) is 4.90 Å². The number of aryl methyl sites for hydroxylation is 2. The second-order valence-corrected chi connectivity index (χ2v) is 9.34. The quantitative estimate of drug-likeness (QED) is 0.750. The first-order valence-electron chi connectivity index (χ1n) is 8.52. The van der Waals surface area contributed by atoms with Gasteiger partial charge in [0, 0.05) is 36.8 Å². The molecule has 3 rings (SSSR count). The van der Waals surface area contributed by atoms with Crippen molar-refractivity contribution in [2.24, 2.45) is 0 Å². The average Bonchev–Trinajstić information content (AvgIpc) is 2.63. The summed E-state index contributed by atoms with van der Waals surface area (Å²) in [5.41, 5.74) is 2.66. The lowest BCUT2D eigenvalue weighted by atomic mass is 10.0. The number of piperazine rings is 1. The van der Waals surface area contributed by atoms with Crippen molar-refractivity contribution in [3.8, 4) is 0 Å². The predicted octanol–water partition coefficient (Wildman–Crippen LogP) is 3.76. The predicted molar refractivity (Wildman–Crippen MR) is 107 cm³/mol. The summed E-state index contributed by atoms with van der Waals surface area (Å²) in [6.07, 6.45) is 0. The lowest BCUT2D eigenvalue weighted by Gasteiger charge is -2.34. The van der Waals surface area contributed by atoms with Crippen LogP contribution < -0.4 is 0 Å². The van der Waals surface area contributed by atoms with E-state index in [0.29, 0.717) is 23.7 Å². The fourth-order valence-electron chi connectivity index (χ4n) is 3.17. The van der Waals surface area contributed by atoms with Gasteiger partial charge in [-0.05, 0) is 43.7 Å². The van der Waals surface area contributed by atoms with E-state index >= 15 is 0 Å². The number of benzene rings is 2. The van der Waals surface area contributed by atoms with Crippen molar-refractivity contribution in [3.05, 3.63) is 63.1 Å². The molecule has 5 nitrogen and oxygen atoms in total. The van der Waals surface area contributed by atoms with Gasteiger partial charge in [-0.1, -0.05) is 40.9 Å². The monoisotopic (exact) mass is 426 g/mol. The number of hydrogen-bond donors (Lipinski definition) is 0. The molecule has 0 spiro atoms. The van der Waals surface area contributed by atoms with E-state index in [0.717, 1.165) is 11.1 Å². The van der Waals surface area contributed by atoms with Crippen LogP contribution in [0.1, 0.15) is 21.5 Å². The number of carbonyl (C=O) groups excluding carboxylic acids is 1. The Morgan fingerprint density at radius 3 is 2.26 bits per heavy atom. The second kappa shape index (κ2) is 7.80. The van der Waals surface area contributed by atoms with E-state index in [-0.39, 0.29) is 28.9 Å². The van der Waals surface area contributed by atoms with Crippen molar-refractivity contribution in [1.82, 2.24) is 9.21 Å². The summed E-state index contributed by atoms with van der Waals surface area (Å²) < 4.78 is 27.1. The molecule has 0 unspecified atom stereocenters. The Labute approximate surface area is 169 Å². The molecule has 1 saturated heterocycles. The van der Waals surface area contributed by atoms with E-state index in [9.17, 15) is 13.2 Å². The molecule has 0 bridgehead atoms. The molecule has 0 atom stereocenters. The van der Waals surface area contributed by atoms with Gasteiger partial charge in [0.05, 0.1) is 5.02 Å². The molecule has 2 aromatic rings. The zero-order valence-electron chi connectivity index (χ0n) is 15.1. The first-order valence-corrected chi connectivity index (χ1v) is 10.7. The highest BCUT2D eigenvalue weighted by atomic mass is 35.5. The number of nitrogens with zero attached hydrogens (tertiary/aromatic N) is 2. The zero-order chi connectivity index (χ0) is 19.8. The summed E-state index contributed by atoms with van der Waals surface area (Å²) in [7, 11) is -3.76. The van der Waals surface area contributed by atoms with Gasteiger partial charge < -0.3 is 4.90 Å². The summed E-state index contributed by atoms with van der Waals surface area (Å²) in [5, 5.41) is 0.440. The normalized spacial score (nSPS) is 15.8. The molecule has 144 valence electrons.